The van der Waals surface area contributed by atoms with Crippen LogP contribution >= 0.6 is 0 Å². The van der Waals surface area contributed by atoms with Crippen LogP contribution < -0.4 is 0 Å². The molecule has 1 aliphatic rings. The molecule has 0 heterocycles. The summed E-state index contributed by atoms with van der Waals surface area (Å²) >= 11 is 0. The highest BCUT2D eigenvalue weighted by Gasteiger charge is 2.21. The molecule has 5 aromatic rings. The molecule has 0 atom stereocenters. The van der Waals surface area contributed by atoms with Gasteiger partial charge in [-0.25, -0.2) is 17.6 Å². The van der Waals surface area contributed by atoms with E-state index in [1.54, 1.807) is 11.6 Å². The predicted molar refractivity (Wildman–Crippen MR) is 187 cm³/mol. The van der Waals surface area contributed by atoms with Gasteiger partial charge in [0.1, 0.15) is 5.82 Å². The molecule has 244 valence electrons. The molecule has 6 rings (SSSR count). The van der Waals surface area contributed by atoms with Gasteiger partial charge in [0.25, 0.3) is 0 Å². The van der Waals surface area contributed by atoms with Crippen LogP contribution in [0, 0.1) is 29.2 Å². The quantitative estimate of drug-likeness (QED) is 0.117. The van der Waals surface area contributed by atoms with Gasteiger partial charge in [-0.1, -0.05) is 119 Å². The second-order valence-electron chi connectivity index (χ2n) is 12.7. The lowest BCUT2D eigenvalue weighted by molar-refractivity contribution is 0.308. The Morgan fingerprint density at radius 2 is 0.936 bits per heavy atom. The maximum Gasteiger partial charge on any atom is 0.194 e. The Morgan fingerprint density at radius 3 is 1.40 bits per heavy atom. The first kappa shape index (κ1) is 34.2. The fourth-order valence-corrected chi connectivity index (χ4v) is 6.65. The van der Waals surface area contributed by atoms with Gasteiger partial charge in [0.2, 0.25) is 0 Å². The number of aryl methyl sites for hydroxylation is 2. The highest BCUT2D eigenvalue weighted by atomic mass is 19.2. The van der Waals surface area contributed by atoms with E-state index < -0.39 is 23.3 Å². The van der Waals surface area contributed by atoms with Crippen LogP contribution in [0.2, 0.25) is 0 Å². The first-order valence-electron chi connectivity index (χ1n) is 17.0. The van der Waals surface area contributed by atoms with E-state index in [2.05, 4.69) is 62.4 Å². The summed E-state index contributed by atoms with van der Waals surface area (Å²) in [6, 6.07) is 32.1. The molecule has 0 N–H and O–H groups in total. The molecule has 1 saturated carbocycles. The number of hydrogen-bond donors (Lipinski definition) is 0. The van der Waals surface area contributed by atoms with Crippen LogP contribution in [0.4, 0.5) is 17.6 Å². The second kappa shape index (κ2) is 16.1. The van der Waals surface area contributed by atoms with E-state index in [0.717, 1.165) is 42.4 Å². The molecule has 47 heavy (non-hydrogen) atoms. The van der Waals surface area contributed by atoms with E-state index in [-0.39, 0.29) is 11.1 Å². The van der Waals surface area contributed by atoms with E-state index in [1.807, 2.05) is 31.2 Å². The van der Waals surface area contributed by atoms with E-state index in [4.69, 9.17) is 0 Å². The summed E-state index contributed by atoms with van der Waals surface area (Å²) < 4.78 is 54.1. The SMILES string of the molecule is CCCC1CCC(c2ccc(-c3ccc(CC)cc3)cc2)CC1.CCc1ccc(-c2ccc(-c3cc(F)c(F)c(F)c3)c(F)c2)cc1. The molecular formula is C43H44F4. The molecule has 1 fully saturated rings. The predicted octanol–water partition coefficient (Wildman–Crippen LogP) is 13.1. The summed E-state index contributed by atoms with van der Waals surface area (Å²) in [6.07, 6.45) is 10.4. The van der Waals surface area contributed by atoms with Crippen molar-refractivity contribution in [3.05, 3.63) is 143 Å². The number of benzene rings is 5. The molecular weight excluding hydrogens is 592 g/mol. The van der Waals surface area contributed by atoms with Crippen molar-refractivity contribution in [3.63, 3.8) is 0 Å². The summed E-state index contributed by atoms with van der Waals surface area (Å²) in [7, 11) is 0. The lowest BCUT2D eigenvalue weighted by Crippen LogP contribution is -2.13. The van der Waals surface area contributed by atoms with E-state index in [1.165, 1.54) is 72.9 Å². The smallest absolute Gasteiger partial charge is 0.194 e. The Kier molecular flexibility index (Phi) is 11.7. The average Bonchev–Trinajstić information content (AvgIpc) is 3.11. The van der Waals surface area contributed by atoms with Gasteiger partial charge >= 0.3 is 0 Å². The lowest BCUT2D eigenvalue weighted by atomic mass is 9.77. The third kappa shape index (κ3) is 8.60. The minimum Gasteiger partial charge on any atom is -0.206 e. The van der Waals surface area contributed by atoms with Crippen molar-refractivity contribution >= 4 is 0 Å². The molecule has 5 aromatic carbocycles. The van der Waals surface area contributed by atoms with Gasteiger partial charge in [-0.3, -0.25) is 0 Å². The van der Waals surface area contributed by atoms with Crippen LogP contribution in [0.1, 0.15) is 81.9 Å². The fraction of sp³-hybridized carbons (Fsp3) is 0.302. The number of hydrogen-bond acceptors (Lipinski definition) is 0. The minimum atomic E-state index is -1.56. The molecule has 0 spiro atoms. The summed E-state index contributed by atoms with van der Waals surface area (Å²) in [6.45, 7) is 6.57. The van der Waals surface area contributed by atoms with Crippen molar-refractivity contribution in [2.45, 2.75) is 78.1 Å². The summed E-state index contributed by atoms with van der Waals surface area (Å²) in [5.41, 5.74) is 8.28. The van der Waals surface area contributed by atoms with Crippen molar-refractivity contribution in [2.75, 3.05) is 0 Å². The van der Waals surface area contributed by atoms with Gasteiger partial charge in [0.15, 0.2) is 17.5 Å². The van der Waals surface area contributed by atoms with Gasteiger partial charge in [-0.15, -0.1) is 0 Å². The van der Waals surface area contributed by atoms with Crippen LogP contribution in [0.5, 0.6) is 0 Å². The van der Waals surface area contributed by atoms with Crippen LogP contribution in [-0.4, -0.2) is 0 Å². The Hall–Kier alpha value is -4.18. The van der Waals surface area contributed by atoms with Crippen molar-refractivity contribution in [1.29, 1.82) is 0 Å². The maximum atomic E-state index is 14.4. The Balaban J connectivity index is 0.000000185. The molecule has 0 unspecified atom stereocenters. The van der Waals surface area contributed by atoms with Crippen molar-refractivity contribution in [2.24, 2.45) is 5.92 Å². The Bertz CT molecular complexity index is 1710. The zero-order valence-corrected chi connectivity index (χ0v) is 27.6. The molecule has 0 bridgehead atoms. The normalized spacial score (nSPS) is 16.0. The average molecular weight is 637 g/mol. The third-order valence-corrected chi connectivity index (χ3v) is 9.58. The summed E-state index contributed by atoms with van der Waals surface area (Å²) in [5.74, 6) is -3.09. The largest absolute Gasteiger partial charge is 0.206 e. The topological polar surface area (TPSA) is 0 Å². The lowest BCUT2D eigenvalue weighted by Gasteiger charge is -2.28. The van der Waals surface area contributed by atoms with Crippen molar-refractivity contribution < 1.29 is 17.6 Å². The fourth-order valence-electron chi connectivity index (χ4n) is 6.65. The second-order valence-corrected chi connectivity index (χ2v) is 12.7. The molecule has 0 radical (unpaired) electrons. The Labute approximate surface area is 277 Å². The number of halogens is 4. The van der Waals surface area contributed by atoms with Gasteiger partial charge < -0.3 is 0 Å². The van der Waals surface area contributed by atoms with Gasteiger partial charge in [0.05, 0.1) is 0 Å². The van der Waals surface area contributed by atoms with Gasteiger partial charge in [-0.2, -0.15) is 0 Å². The molecule has 0 amide bonds. The van der Waals surface area contributed by atoms with E-state index in [9.17, 15) is 17.6 Å². The summed E-state index contributed by atoms with van der Waals surface area (Å²) in [5, 5.41) is 0. The van der Waals surface area contributed by atoms with Gasteiger partial charge in [0, 0.05) is 5.56 Å². The van der Waals surface area contributed by atoms with Crippen LogP contribution in [0.15, 0.2) is 103 Å². The van der Waals surface area contributed by atoms with Crippen molar-refractivity contribution in [1.82, 2.24) is 0 Å². The van der Waals surface area contributed by atoms with Gasteiger partial charge in [-0.05, 0) is 113 Å². The Morgan fingerprint density at radius 1 is 0.489 bits per heavy atom. The van der Waals surface area contributed by atoms with E-state index >= 15 is 0 Å². The highest BCUT2D eigenvalue weighted by Crippen LogP contribution is 2.38. The standard InChI is InChI=1S/C23H30.C20H14F4/c1-3-5-19-8-12-21(13-9-19)23-16-14-22(15-17-23)20-10-6-18(4-2)7-11-20;1-2-12-3-5-13(6-4-12)14-7-8-16(17(21)9-14)15-10-18(22)20(24)19(23)11-15/h6-7,10-11,14-17,19,21H,3-5,8-9,12-13H2,1-2H3;3-11H,2H2,1H3. The minimum absolute atomic E-state index is 0.0155. The molecule has 4 heteroatoms. The zero-order valence-electron chi connectivity index (χ0n) is 27.6. The van der Waals surface area contributed by atoms with Crippen LogP contribution in [-0.2, 0) is 12.8 Å². The first-order valence-corrected chi connectivity index (χ1v) is 17.0. The maximum absolute atomic E-state index is 14.4. The third-order valence-electron chi connectivity index (χ3n) is 9.58. The van der Waals surface area contributed by atoms with Crippen LogP contribution in [0.3, 0.4) is 0 Å². The molecule has 0 aromatic heterocycles. The number of rotatable bonds is 8. The molecule has 1 aliphatic carbocycles. The molecule has 0 saturated heterocycles. The van der Waals surface area contributed by atoms with E-state index in [0.29, 0.717) is 5.56 Å². The molecule has 0 nitrogen and oxygen atoms in total. The monoisotopic (exact) mass is 636 g/mol. The zero-order chi connectivity index (χ0) is 33.3. The summed E-state index contributed by atoms with van der Waals surface area (Å²) in [4.78, 5) is 0. The van der Waals surface area contributed by atoms with Crippen molar-refractivity contribution in [3.8, 4) is 33.4 Å². The van der Waals surface area contributed by atoms with Crippen LogP contribution in [0.25, 0.3) is 33.4 Å². The molecule has 0 aliphatic heterocycles. The first-order chi connectivity index (χ1) is 22.8. The highest BCUT2D eigenvalue weighted by molar-refractivity contribution is 5.71.